The third-order valence-corrected chi connectivity index (χ3v) is 3.98. The fraction of sp³-hybridized carbons (Fsp3) is 1.00. The van der Waals surface area contributed by atoms with Gasteiger partial charge in [0.05, 0.1) is 5.25 Å². The van der Waals surface area contributed by atoms with Gasteiger partial charge in [-0.25, -0.2) is 13.1 Å². The van der Waals surface area contributed by atoms with Crippen molar-refractivity contribution in [1.29, 1.82) is 0 Å². The summed E-state index contributed by atoms with van der Waals surface area (Å²) in [5, 5.41) is -0.326. The number of hydrogen-bond donors (Lipinski definition) is 1. The van der Waals surface area contributed by atoms with E-state index in [0.717, 1.165) is 12.8 Å². The number of nitrogens with one attached hydrogen (secondary N) is 1. The zero-order valence-corrected chi connectivity index (χ0v) is 10.5. The predicted molar refractivity (Wildman–Crippen MR) is 60.7 cm³/mol. The van der Waals surface area contributed by atoms with Crippen LogP contribution in [0.1, 0.15) is 47.0 Å². The SMILES string of the molecule is CC(C)CCCCNS(=O)(=O)C(C)C. The summed E-state index contributed by atoms with van der Waals surface area (Å²) in [5.74, 6) is 0.705. The third kappa shape index (κ3) is 6.38. The fourth-order valence-corrected chi connectivity index (χ4v) is 1.82. The van der Waals surface area contributed by atoms with Crippen LogP contribution >= 0.6 is 0 Å². The van der Waals surface area contributed by atoms with Crippen molar-refractivity contribution >= 4 is 10.0 Å². The molecule has 14 heavy (non-hydrogen) atoms. The Labute approximate surface area is 88.3 Å². The second-order valence-corrected chi connectivity index (χ2v) is 6.70. The summed E-state index contributed by atoms with van der Waals surface area (Å²) >= 11 is 0. The molecule has 86 valence electrons. The molecule has 0 aromatic carbocycles. The topological polar surface area (TPSA) is 46.2 Å². The van der Waals surface area contributed by atoms with Crippen molar-refractivity contribution in [2.75, 3.05) is 6.54 Å². The van der Waals surface area contributed by atoms with Gasteiger partial charge >= 0.3 is 0 Å². The Morgan fingerprint density at radius 2 is 1.64 bits per heavy atom. The summed E-state index contributed by atoms with van der Waals surface area (Å²) in [5.41, 5.74) is 0. The first-order valence-corrected chi connectivity index (χ1v) is 6.89. The molecule has 0 saturated heterocycles. The standard InChI is InChI=1S/C10H23NO2S/c1-9(2)7-5-6-8-11-14(12,13)10(3)4/h9-11H,5-8H2,1-4H3. The van der Waals surface area contributed by atoms with Crippen LogP contribution in [0.3, 0.4) is 0 Å². The van der Waals surface area contributed by atoms with Crippen molar-refractivity contribution in [2.45, 2.75) is 52.2 Å². The smallest absolute Gasteiger partial charge is 0.213 e. The molecule has 0 bridgehead atoms. The van der Waals surface area contributed by atoms with Crippen LogP contribution in [0.2, 0.25) is 0 Å². The number of rotatable bonds is 7. The van der Waals surface area contributed by atoms with E-state index in [4.69, 9.17) is 0 Å². The summed E-state index contributed by atoms with van der Waals surface area (Å²) in [7, 11) is -3.05. The molecule has 0 amide bonds. The Hall–Kier alpha value is -0.0900. The van der Waals surface area contributed by atoms with Gasteiger partial charge in [0.2, 0.25) is 10.0 Å². The van der Waals surface area contributed by atoms with Gasteiger partial charge in [-0.15, -0.1) is 0 Å². The fourth-order valence-electron chi connectivity index (χ4n) is 1.06. The quantitative estimate of drug-likeness (QED) is 0.669. The van der Waals surface area contributed by atoms with Crippen LogP contribution < -0.4 is 4.72 Å². The lowest BCUT2D eigenvalue weighted by Gasteiger charge is -2.09. The first-order valence-electron chi connectivity index (χ1n) is 5.34. The molecule has 0 spiro atoms. The van der Waals surface area contributed by atoms with E-state index < -0.39 is 10.0 Å². The molecule has 0 saturated carbocycles. The number of hydrogen-bond acceptors (Lipinski definition) is 2. The lowest BCUT2D eigenvalue weighted by Crippen LogP contribution is -2.31. The Kier molecular flexibility index (Phi) is 6.36. The molecule has 0 fully saturated rings. The van der Waals surface area contributed by atoms with E-state index in [-0.39, 0.29) is 5.25 Å². The van der Waals surface area contributed by atoms with Gasteiger partial charge in [0, 0.05) is 6.54 Å². The molecule has 1 N–H and O–H groups in total. The highest BCUT2D eigenvalue weighted by molar-refractivity contribution is 7.90. The average molecular weight is 221 g/mol. The predicted octanol–water partition coefficient (Wildman–Crippen LogP) is 2.14. The zero-order valence-electron chi connectivity index (χ0n) is 9.71. The molecule has 0 aromatic heterocycles. The highest BCUT2D eigenvalue weighted by Gasteiger charge is 2.13. The van der Waals surface area contributed by atoms with Gasteiger partial charge in [-0.1, -0.05) is 26.7 Å². The van der Waals surface area contributed by atoms with Crippen molar-refractivity contribution in [3.63, 3.8) is 0 Å². The van der Waals surface area contributed by atoms with Crippen LogP contribution in [-0.4, -0.2) is 20.2 Å². The lowest BCUT2D eigenvalue weighted by atomic mass is 10.1. The minimum absolute atomic E-state index is 0.326. The Morgan fingerprint density at radius 1 is 1.07 bits per heavy atom. The first-order chi connectivity index (χ1) is 6.36. The van der Waals surface area contributed by atoms with Crippen LogP contribution in [0, 0.1) is 5.92 Å². The van der Waals surface area contributed by atoms with Crippen LogP contribution in [0.5, 0.6) is 0 Å². The van der Waals surface area contributed by atoms with E-state index in [9.17, 15) is 8.42 Å². The normalized spacial score (nSPS) is 12.7. The first kappa shape index (κ1) is 13.9. The van der Waals surface area contributed by atoms with Gasteiger partial charge in [0.25, 0.3) is 0 Å². The third-order valence-electron chi connectivity index (χ3n) is 2.13. The van der Waals surface area contributed by atoms with E-state index >= 15 is 0 Å². The van der Waals surface area contributed by atoms with E-state index in [1.54, 1.807) is 13.8 Å². The van der Waals surface area contributed by atoms with Gasteiger partial charge in [-0.3, -0.25) is 0 Å². The molecule has 0 unspecified atom stereocenters. The van der Waals surface area contributed by atoms with Crippen LogP contribution in [0.25, 0.3) is 0 Å². The maximum atomic E-state index is 11.3. The highest BCUT2D eigenvalue weighted by atomic mass is 32.2. The van der Waals surface area contributed by atoms with E-state index in [2.05, 4.69) is 18.6 Å². The van der Waals surface area contributed by atoms with E-state index in [1.165, 1.54) is 6.42 Å². The Bertz CT molecular complexity index is 233. The summed E-state index contributed by atoms with van der Waals surface area (Å²) < 4.78 is 25.2. The van der Waals surface area contributed by atoms with Gasteiger partial charge < -0.3 is 0 Å². The van der Waals surface area contributed by atoms with Crippen LogP contribution in [0.15, 0.2) is 0 Å². The van der Waals surface area contributed by atoms with Crippen LogP contribution in [0.4, 0.5) is 0 Å². The van der Waals surface area contributed by atoms with Crippen molar-refractivity contribution in [3.05, 3.63) is 0 Å². The number of unbranched alkanes of at least 4 members (excludes halogenated alkanes) is 1. The van der Waals surface area contributed by atoms with Gasteiger partial charge in [-0.2, -0.15) is 0 Å². The summed E-state index contributed by atoms with van der Waals surface area (Å²) in [4.78, 5) is 0. The second-order valence-electron chi connectivity index (χ2n) is 4.38. The highest BCUT2D eigenvalue weighted by Crippen LogP contribution is 2.05. The largest absolute Gasteiger partial charge is 0.215 e. The van der Waals surface area contributed by atoms with Gasteiger partial charge in [-0.05, 0) is 26.2 Å². The summed E-state index contributed by atoms with van der Waals surface area (Å²) in [6, 6.07) is 0. The number of sulfonamides is 1. The molecule has 0 aliphatic rings. The van der Waals surface area contributed by atoms with Gasteiger partial charge in [0.1, 0.15) is 0 Å². The van der Waals surface area contributed by atoms with E-state index in [0.29, 0.717) is 12.5 Å². The molecule has 3 nitrogen and oxygen atoms in total. The van der Waals surface area contributed by atoms with Gasteiger partial charge in [0.15, 0.2) is 0 Å². The lowest BCUT2D eigenvalue weighted by molar-refractivity contribution is 0.529. The summed E-state index contributed by atoms with van der Waals surface area (Å²) in [6.07, 6.45) is 3.20. The molecule has 0 radical (unpaired) electrons. The maximum Gasteiger partial charge on any atom is 0.213 e. The molecule has 0 aliphatic carbocycles. The van der Waals surface area contributed by atoms with Crippen molar-refractivity contribution in [3.8, 4) is 0 Å². The molecule has 0 heterocycles. The Morgan fingerprint density at radius 3 is 2.07 bits per heavy atom. The second kappa shape index (κ2) is 6.40. The van der Waals surface area contributed by atoms with E-state index in [1.807, 2.05) is 0 Å². The minimum Gasteiger partial charge on any atom is -0.215 e. The molecular weight excluding hydrogens is 198 g/mol. The average Bonchev–Trinajstić information content (AvgIpc) is 2.02. The molecular formula is C10H23NO2S. The van der Waals surface area contributed by atoms with Crippen molar-refractivity contribution < 1.29 is 8.42 Å². The zero-order chi connectivity index (χ0) is 11.2. The minimum atomic E-state index is -3.05. The van der Waals surface area contributed by atoms with Crippen LogP contribution in [-0.2, 0) is 10.0 Å². The van der Waals surface area contributed by atoms with Crippen molar-refractivity contribution in [1.82, 2.24) is 4.72 Å². The molecule has 0 rings (SSSR count). The Balaban J connectivity index is 3.55. The maximum absolute atomic E-state index is 11.3. The monoisotopic (exact) mass is 221 g/mol. The molecule has 4 heteroatoms. The molecule has 0 aromatic rings. The van der Waals surface area contributed by atoms with Crippen molar-refractivity contribution in [2.24, 2.45) is 5.92 Å². The summed E-state index contributed by atoms with van der Waals surface area (Å²) in [6.45, 7) is 8.32. The molecule has 0 aliphatic heterocycles. The molecule has 0 atom stereocenters.